The molecular formula is C17H15ClN2O3S3. The van der Waals surface area contributed by atoms with Crippen LogP contribution in [-0.4, -0.2) is 42.3 Å². The summed E-state index contributed by atoms with van der Waals surface area (Å²) in [4.78, 5) is 19.5. The third kappa shape index (κ3) is 3.55. The average Bonchev–Trinajstić information content (AvgIpc) is 3.23. The third-order valence-electron chi connectivity index (χ3n) is 4.30. The lowest BCUT2D eigenvalue weighted by Gasteiger charge is -2.25. The maximum absolute atomic E-state index is 12.4. The molecule has 0 aliphatic carbocycles. The highest BCUT2D eigenvalue weighted by molar-refractivity contribution is 8.16. The Morgan fingerprint density at radius 3 is 2.77 bits per heavy atom. The van der Waals surface area contributed by atoms with Crippen LogP contribution in [0.1, 0.15) is 4.88 Å². The molecule has 2 fully saturated rings. The molecule has 2 aromatic rings. The van der Waals surface area contributed by atoms with Crippen LogP contribution in [0.2, 0.25) is 5.02 Å². The van der Waals surface area contributed by atoms with Gasteiger partial charge in [0.2, 0.25) is 0 Å². The van der Waals surface area contributed by atoms with Crippen LogP contribution in [0.5, 0.6) is 0 Å². The van der Waals surface area contributed by atoms with Crippen molar-refractivity contribution in [2.45, 2.75) is 17.7 Å². The summed E-state index contributed by atoms with van der Waals surface area (Å²) in [6.45, 7) is 0. The second kappa shape index (κ2) is 6.99. The first-order chi connectivity index (χ1) is 12.4. The van der Waals surface area contributed by atoms with Gasteiger partial charge in [-0.15, -0.1) is 11.3 Å². The number of thioether (sulfide) groups is 1. The number of hydrogen-bond donors (Lipinski definition) is 0. The highest BCUT2D eigenvalue weighted by Gasteiger charge is 2.49. The second-order valence-corrected chi connectivity index (χ2v) is 11.0. The van der Waals surface area contributed by atoms with E-state index in [1.54, 1.807) is 6.07 Å². The number of nitrogens with zero attached hydrogens (tertiary/aromatic N) is 2. The number of carbonyl (C=O) groups excluding carboxylic acids is 1. The van der Waals surface area contributed by atoms with Gasteiger partial charge in [-0.1, -0.05) is 41.6 Å². The van der Waals surface area contributed by atoms with Gasteiger partial charge in [0, 0.05) is 10.1 Å². The van der Waals surface area contributed by atoms with Gasteiger partial charge in [0.1, 0.15) is 0 Å². The smallest absolute Gasteiger partial charge is 0.253 e. The van der Waals surface area contributed by atoms with E-state index in [9.17, 15) is 13.2 Å². The van der Waals surface area contributed by atoms with E-state index in [-0.39, 0.29) is 35.1 Å². The van der Waals surface area contributed by atoms with Crippen molar-refractivity contribution in [2.75, 3.05) is 16.4 Å². The maximum Gasteiger partial charge on any atom is 0.253 e. The van der Waals surface area contributed by atoms with Crippen molar-refractivity contribution in [1.29, 1.82) is 0 Å². The minimum atomic E-state index is -3.10. The van der Waals surface area contributed by atoms with Crippen LogP contribution in [0.3, 0.4) is 0 Å². The molecule has 2 aliphatic heterocycles. The van der Waals surface area contributed by atoms with E-state index in [4.69, 9.17) is 11.6 Å². The molecule has 9 heteroatoms. The first-order valence-corrected chi connectivity index (χ1v) is 11.9. The molecule has 136 valence electrons. The number of rotatable bonds is 3. The zero-order valence-electron chi connectivity index (χ0n) is 13.5. The number of benzene rings is 1. The van der Waals surface area contributed by atoms with Gasteiger partial charge in [-0.25, -0.2) is 8.42 Å². The number of para-hydroxylation sites is 1. The maximum atomic E-state index is 12.4. The summed E-state index contributed by atoms with van der Waals surface area (Å²) in [6.07, 6.45) is 0.242. The summed E-state index contributed by atoms with van der Waals surface area (Å²) >= 11 is 9.22. The van der Waals surface area contributed by atoms with E-state index in [2.05, 4.69) is 4.99 Å². The van der Waals surface area contributed by atoms with Crippen LogP contribution in [0.4, 0.5) is 5.69 Å². The fraction of sp³-hybridized carbons (Fsp3) is 0.294. The Kier molecular flexibility index (Phi) is 4.85. The minimum Gasteiger partial charge on any atom is -0.314 e. The third-order valence-corrected chi connectivity index (χ3v) is 8.71. The van der Waals surface area contributed by atoms with Crippen LogP contribution >= 0.6 is 34.7 Å². The molecule has 0 saturated carbocycles. The number of fused-ring (bicyclic) bond motifs is 1. The number of anilines is 1. The van der Waals surface area contributed by atoms with E-state index < -0.39 is 9.84 Å². The molecule has 0 spiro atoms. The van der Waals surface area contributed by atoms with Crippen molar-refractivity contribution in [3.63, 3.8) is 0 Å². The molecule has 1 aromatic heterocycles. The SMILES string of the molecule is O=C(Cc1cccs1)N=C1S[C@H]2CS(=O)(=O)C[C@@H]2N1c1ccccc1Cl. The van der Waals surface area contributed by atoms with Crippen molar-refractivity contribution in [3.8, 4) is 0 Å². The van der Waals surface area contributed by atoms with E-state index in [0.29, 0.717) is 15.9 Å². The number of aliphatic imine (C=N–C) groups is 1. The summed E-state index contributed by atoms with van der Waals surface area (Å²) in [5.41, 5.74) is 0.689. The van der Waals surface area contributed by atoms with Gasteiger partial charge in [-0.05, 0) is 23.6 Å². The summed E-state index contributed by atoms with van der Waals surface area (Å²) in [5, 5.41) is 2.83. The molecule has 1 aromatic carbocycles. The lowest BCUT2D eigenvalue weighted by molar-refractivity contribution is -0.117. The van der Waals surface area contributed by atoms with E-state index in [1.165, 1.54) is 23.1 Å². The van der Waals surface area contributed by atoms with Gasteiger partial charge in [0.05, 0.1) is 34.7 Å². The number of thiophene rings is 1. The minimum absolute atomic E-state index is 0.0496. The molecule has 1 amide bonds. The van der Waals surface area contributed by atoms with Gasteiger partial charge in [0.15, 0.2) is 15.0 Å². The van der Waals surface area contributed by atoms with Crippen LogP contribution in [-0.2, 0) is 21.1 Å². The predicted molar refractivity (Wildman–Crippen MR) is 108 cm³/mol. The number of carbonyl (C=O) groups is 1. The van der Waals surface area contributed by atoms with Crippen molar-refractivity contribution in [3.05, 3.63) is 51.7 Å². The Labute approximate surface area is 165 Å². The zero-order valence-corrected chi connectivity index (χ0v) is 16.7. The highest BCUT2D eigenvalue weighted by Crippen LogP contribution is 2.42. The largest absolute Gasteiger partial charge is 0.314 e. The molecule has 5 nitrogen and oxygen atoms in total. The van der Waals surface area contributed by atoms with Gasteiger partial charge in [0.25, 0.3) is 5.91 Å². The van der Waals surface area contributed by atoms with Gasteiger partial charge < -0.3 is 4.90 Å². The first kappa shape index (κ1) is 18.0. The lowest BCUT2D eigenvalue weighted by Crippen LogP contribution is -2.38. The Bertz CT molecular complexity index is 973. The highest BCUT2D eigenvalue weighted by atomic mass is 35.5. The molecule has 0 radical (unpaired) electrons. The molecule has 3 heterocycles. The summed E-state index contributed by atoms with van der Waals surface area (Å²) in [7, 11) is -3.10. The number of amidine groups is 1. The molecule has 2 aliphatic rings. The Balaban J connectivity index is 1.68. The lowest BCUT2D eigenvalue weighted by atomic mass is 10.2. The number of amides is 1. The number of hydrogen-bond acceptors (Lipinski definition) is 5. The summed E-state index contributed by atoms with van der Waals surface area (Å²) in [5.74, 6) is -0.0926. The molecule has 2 atom stereocenters. The van der Waals surface area contributed by atoms with Crippen LogP contribution in [0.15, 0.2) is 46.8 Å². The van der Waals surface area contributed by atoms with Crippen LogP contribution in [0.25, 0.3) is 0 Å². The van der Waals surface area contributed by atoms with Crippen molar-refractivity contribution in [1.82, 2.24) is 0 Å². The molecule has 0 bridgehead atoms. The van der Waals surface area contributed by atoms with E-state index in [0.717, 1.165) is 4.88 Å². The standard InChI is InChI=1S/C17H15ClN2O3S3/c18-12-5-1-2-6-13(12)20-14-9-26(22,23)10-15(14)25-17(20)19-16(21)8-11-4-3-7-24-11/h1-7,14-15H,8-10H2/t14-,15-/m0/s1. The summed E-state index contributed by atoms with van der Waals surface area (Å²) < 4.78 is 24.1. The Hall–Kier alpha value is -1.35. The first-order valence-electron chi connectivity index (χ1n) is 7.98. The van der Waals surface area contributed by atoms with Crippen molar-refractivity contribution in [2.24, 2.45) is 4.99 Å². The number of sulfone groups is 1. The Morgan fingerprint density at radius 1 is 1.23 bits per heavy atom. The molecule has 4 rings (SSSR count). The van der Waals surface area contributed by atoms with E-state index in [1.807, 2.05) is 40.6 Å². The van der Waals surface area contributed by atoms with Crippen molar-refractivity contribution < 1.29 is 13.2 Å². The molecule has 2 saturated heterocycles. The second-order valence-electron chi connectivity index (χ2n) is 6.17. The van der Waals surface area contributed by atoms with Gasteiger partial charge >= 0.3 is 0 Å². The fourth-order valence-electron chi connectivity index (χ4n) is 3.20. The molecular weight excluding hydrogens is 412 g/mol. The van der Waals surface area contributed by atoms with Crippen molar-refractivity contribution >= 4 is 61.3 Å². The van der Waals surface area contributed by atoms with E-state index >= 15 is 0 Å². The molecule has 26 heavy (non-hydrogen) atoms. The normalized spacial score (nSPS) is 25.6. The fourth-order valence-corrected chi connectivity index (χ4v) is 8.05. The predicted octanol–water partition coefficient (Wildman–Crippen LogP) is 3.25. The monoisotopic (exact) mass is 426 g/mol. The zero-order chi connectivity index (χ0) is 18.3. The van der Waals surface area contributed by atoms with Crippen LogP contribution in [0, 0.1) is 0 Å². The number of halogens is 1. The summed E-state index contributed by atoms with van der Waals surface area (Å²) in [6, 6.07) is 10.8. The quantitative estimate of drug-likeness (QED) is 0.753. The Morgan fingerprint density at radius 2 is 2.04 bits per heavy atom. The molecule has 0 unspecified atom stereocenters. The van der Waals surface area contributed by atoms with Crippen LogP contribution < -0.4 is 4.90 Å². The average molecular weight is 427 g/mol. The molecule has 0 N–H and O–H groups in total. The van der Waals surface area contributed by atoms with Gasteiger partial charge in [-0.3, -0.25) is 4.79 Å². The van der Waals surface area contributed by atoms with Gasteiger partial charge in [-0.2, -0.15) is 4.99 Å². The topological polar surface area (TPSA) is 66.8 Å².